The Morgan fingerprint density at radius 3 is 2.91 bits per heavy atom. The fourth-order valence-corrected chi connectivity index (χ4v) is 0.660. The second kappa shape index (κ2) is 4.73. The maximum absolute atomic E-state index is 10.1. The Kier molecular flexibility index (Phi) is 4.29. The van der Waals surface area contributed by atoms with Gasteiger partial charge >= 0.3 is 5.97 Å². The summed E-state index contributed by atoms with van der Waals surface area (Å²) in [6, 6.07) is 0. The second-order valence-electron chi connectivity index (χ2n) is 1.93. The molecule has 11 heavy (non-hydrogen) atoms. The summed E-state index contributed by atoms with van der Waals surface area (Å²) < 4.78 is 0. The molecule has 0 unspecified atom stereocenters. The molecule has 0 aliphatic heterocycles. The molecule has 0 fully saturated rings. The van der Waals surface area contributed by atoms with Gasteiger partial charge in [-0.2, -0.15) is 0 Å². The lowest BCUT2D eigenvalue weighted by atomic mass is 10.3. The summed E-state index contributed by atoms with van der Waals surface area (Å²) in [5, 5.41) is 8.27. The van der Waals surface area contributed by atoms with Crippen molar-refractivity contribution >= 4 is 18.4 Å². The first-order valence-corrected chi connectivity index (χ1v) is 2.99. The number of aromatic amines is 1. The van der Waals surface area contributed by atoms with E-state index in [1.807, 2.05) is 0 Å². The van der Waals surface area contributed by atoms with Gasteiger partial charge in [0.1, 0.15) is 5.82 Å². The number of aromatic nitrogens is 2. The maximum Gasteiger partial charge on any atom is 0.303 e. The van der Waals surface area contributed by atoms with Crippen LogP contribution in [0.2, 0.25) is 0 Å². The Labute approximate surface area is 70.1 Å². The minimum Gasteiger partial charge on any atom is -0.481 e. The molecule has 0 atom stereocenters. The summed E-state index contributed by atoms with van der Waals surface area (Å²) in [5.74, 6) is -0.0706. The predicted molar refractivity (Wildman–Crippen MR) is 41.8 cm³/mol. The van der Waals surface area contributed by atoms with E-state index in [1.54, 1.807) is 12.4 Å². The van der Waals surface area contributed by atoms with Gasteiger partial charge in [0.05, 0.1) is 6.42 Å². The molecule has 0 bridgehead atoms. The molecule has 0 aromatic carbocycles. The van der Waals surface area contributed by atoms with Crippen molar-refractivity contribution in [3.8, 4) is 0 Å². The van der Waals surface area contributed by atoms with Crippen molar-refractivity contribution in [2.75, 3.05) is 0 Å². The van der Waals surface area contributed by atoms with Crippen LogP contribution in [0.25, 0.3) is 0 Å². The third-order valence-electron chi connectivity index (χ3n) is 1.13. The van der Waals surface area contributed by atoms with Crippen molar-refractivity contribution in [1.29, 1.82) is 0 Å². The van der Waals surface area contributed by atoms with E-state index in [-0.39, 0.29) is 18.8 Å². The molecule has 0 aliphatic rings. The van der Waals surface area contributed by atoms with E-state index >= 15 is 0 Å². The number of carboxylic acid groups (broad SMARTS) is 1. The van der Waals surface area contributed by atoms with Gasteiger partial charge in [-0.05, 0) is 0 Å². The molecule has 1 heterocycles. The number of halogens is 1. The van der Waals surface area contributed by atoms with Gasteiger partial charge in [-0.15, -0.1) is 12.4 Å². The number of nitrogens with zero attached hydrogens (tertiary/aromatic N) is 1. The number of rotatable bonds is 3. The van der Waals surface area contributed by atoms with Crippen LogP contribution in [0.15, 0.2) is 12.4 Å². The normalized spacial score (nSPS) is 8.73. The molecule has 1 aromatic rings. The number of carboxylic acids is 1. The number of aliphatic carboxylic acids is 1. The fourth-order valence-electron chi connectivity index (χ4n) is 0.660. The smallest absolute Gasteiger partial charge is 0.303 e. The Bertz CT molecular complexity index is 210. The van der Waals surface area contributed by atoms with Crippen LogP contribution in [-0.2, 0) is 11.2 Å². The maximum atomic E-state index is 10.1. The number of hydrogen-bond acceptors (Lipinski definition) is 2. The van der Waals surface area contributed by atoms with Crippen LogP contribution < -0.4 is 0 Å². The Morgan fingerprint density at radius 2 is 2.45 bits per heavy atom. The quantitative estimate of drug-likeness (QED) is 0.718. The van der Waals surface area contributed by atoms with E-state index < -0.39 is 5.97 Å². The minimum absolute atomic E-state index is 0. The standard InChI is InChI=1S/C6H8N2O2.ClH/c9-6(10)2-1-5-7-3-4-8-5;/h3-4H,1-2H2,(H,7,8)(H,9,10);1H. The first-order valence-electron chi connectivity index (χ1n) is 2.99. The van der Waals surface area contributed by atoms with Crippen LogP contribution >= 0.6 is 12.4 Å². The van der Waals surface area contributed by atoms with Gasteiger partial charge in [-0.25, -0.2) is 4.98 Å². The van der Waals surface area contributed by atoms with Gasteiger partial charge in [0.2, 0.25) is 0 Å². The highest BCUT2D eigenvalue weighted by Gasteiger charge is 1.98. The number of H-pyrrole nitrogens is 1. The van der Waals surface area contributed by atoms with Gasteiger partial charge in [0, 0.05) is 18.8 Å². The van der Waals surface area contributed by atoms with E-state index in [4.69, 9.17) is 5.11 Å². The van der Waals surface area contributed by atoms with E-state index in [0.29, 0.717) is 6.42 Å². The molecule has 0 amide bonds. The Balaban J connectivity index is 0.000001000. The lowest BCUT2D eigenvalue weighted by molar-refractivity contribution is -0.137. The highest BCUT2D eigenvalue weighted by atomic mass is 35.5. The van der Waals surface area contributed by atoms with Crippen LogP contribution in [0.3, 0.4) is 0 Å². The van der Waals surface area contributed by atoms with Crippen LogP contribution in [0.5, 0.6) is 0 Å². The van der Waals surface area contributed by atoms with Crippen LogP contribution in [0.1, 0.15) is 12.2 Å². The molecule has 62 valence electrons. The van der Waals surface area contributed by atoms with Crippen molar-refractivity contribution in [3.63, 3.8) is 0 Å². The Hall–Kier alpha value is -1.03. The summed E-state index contributed by atoms with van der Waals surface area (Å²) >= 11 is 0. The molecule has 0 saturated heterocycles. The minimum atomic E-state index is -0.795. The monoisotopic (exact) mass is 176 g/mol. The SMILES string of the molecule is Cl.O=C(O)CCc1ncc[nH]1. The van der Waals surface area contributed by atoms with Crippen LogP contribution in [-0.4, -0.2) is 21.0 Å². The highest BCUT2D eigenvalue weighted by molar-refractivity contribution is 5.85. The second-order valence-corrected chi connectivity index (χ2v) is 1.93. The molecular weight excluding hydrogens is 168 g/mol. The van der Waals surface area contributed by atoms with Crippen LogP contribution in [0, 0.1) is 0 Å². The topological polar surface area (TPSA) is 66.0 Å². The molecule has 4 nitrogen and oxygen atoms in total. The van der Waals surface area contributed by atoms with Crippen molar-refractivity contribution < 1.29 is 9.90 Å². The van der Waals surface area contributed by atoms with Gasteiger partial charge in [-0.3, -0.25) is 4.79 Å². The Morgan fingerprint density at radius 1 is 1.73 bits per heavy atom. The molecule has 0 spiro atoms. The number of carbonyl (C=O) groups is 1. The molecule has 1 rings (SSSR count). The third kappa shape index (κ3) is 3.62. The third-order valence-corrected chi connectivity index (χ3v) is 1.13. The van der Waals surface area contributed by atoms with Crippen LogP contribution in [0.4, 0.5) is 0 Å². The van der Waals surface area contributed by atoms with Gasteiger partial charge < -0.3 is 10.1 Å². The molecule has 0 aliphatic carbocycles. The number of imidazole rings is 1. The zero-order chi connectivity index (χ0) is 7.40. The lowest BCUT2D eigenvalue weighted by Crippen LogP contribution is -1.98. The summed E-state index contributed by atoms with van der Waals surface area (Å²) in [4.78, 5) is 16.7. The van der Waals surface area contributed by atoms with E-state index in [9.17, 15) is 4.79 Å². The van der Waals surface area contributed by atoms with Crippen molar-refractivity contribution in [2.45, 2.75) is 12.8 Å². The zero-order valence-corrected chi connectivity index (χ0v) is 6.60. The molecule has 0 radical (unpaired) electrons. The van der Waals surface area contributed by atoms with E-state index in [0.717, 1.165) is 5.82 Å². The van der Waals surface area contributed by atoms with Gasteiger partial charge in [0.15, 0.2) is 0 Å². The molecule has 2 N–H and O–H groups in total. The number of aryl methyl sites for hydroxylation is 1. The first-order chi connectivity index (χ1) is 4.79. The van der Waals surface area contributed by atoms with Crippen molar-refractivity contribution in [3.05, 3.63) is 18.2 Å². The molecular formula is C6H9ClN2O2. The summed E-state index contributed by atoms with van der Waals surface area (Å²) in [5.41, 5.74) is 0. The summed E-state index contributed by atoms with van der Waals surface area (Å²) in [7, 11) is 0. The molecule has 1 aromatic heterocycles. The average molecular weight is 177 g/mol. The fraction of sp³-hybridized carbons (Fsp3) is 0.333. The first kappa shape index (κ1) is 9.97. The lowest BCUT2D eigenvalue weighted by Gasteiger charge is -1.89. The van der Waals surface area contributed by atoms with E-state index in [1.165, 1.54) is 0 Å². The molecule has 5 heteroatoms. The van der Waals surface area contributed by atoms with Gasteiger partial charge in [-0.1, -0.05) is 0 Å². The van der Waals surface area contributed by atoms with Crippen molar-refractivity contribution in [2.24, 2.45) is 0 Å². The average Bonchev–Trinajstić information content (AvgIpc) is 2.34. The van der Waals surface area contributed by atoms with Gasteiger partial charge in [0.25, 0.3) is 0 Å². The number of hydrogen-bond donors (Lipinski definition) is 2. The van der Waals surface area contributed by atoms with E-state index in [2.05, 4.69) is 9.97 Å². The predicted octanol–water partition coefficient (Wildman–Crippen LogP) is 0.849. The zero-order valence-electron chi connectivity index (χ0n) is 5.78. The number of nitrogens with one attached hydrogen (secondary N) is 1. The largest absolute Gasteiger partial charge is 0.481 e. The summed E-state index contributed by atoms with van der Waals surface area (Å²) in [6.07, 6.45) is 3.89. The van der Waals surface area contributed by atoms with Crippen molar-refractivity contribution in [1.82, 2.24) is 9.97 Å². The highest BCUT2D eigenvalue weighted by Crippen LogP contribution is 1.93. The molecule has 0 saturated carbocycles. The summed E-state index contributed by atoms with van der Waals surface area (Å²) in [6.45, 7) is 0.